The van der Waals surface area contributed by atoms with Gasteiger partial charge in [0.15, 0.2) is 0 Å². The predicted molar refractivity (Wildman–Crippen MR) is 74.0 cm³/mol. The second kappa shape index (κ2) is 5.57. The Morgan fingerprint density at radius 1 is 1.24 bits per heavy atom. The van der Waals surface area contributed by atoms with Gasteiger partial charge in [-0.15, -0.1) is 11.8 Å². The van der Waals surface area contributed by atoms with Crippen molar-refractivity contribution in [1.29, 1.82) is 0 Å². The van der Waals surface area contributed by atoms with Crippen molar-refractivity contribution in [2.75, 3.05) is 0 Å². The van der Waals surface area contributed by atoms with Gasteiger partial charge in [0.2, 0.25) is 0 Å². The molecule has 0 aliphatic heterocycles. The largest absolute Gasteiger partial charge is 0.226 e. The molecule has 0 bridgehead atoms. The Hall–Kier alpha value is -0.280. The third-order valence-electron chi connectivity index (χ3n) is 3.16. The van der Waals surface area contributed by atoms with E-state index in [-0.39, 0.29) is 0 Å². The molecular formula is C13H19ClN2S. The maximum Gasteiger partial charge on any atom is 0.136 e. The van der Waals surface area contributed by atoms with E-state index in [4.69, 9.17) is 11.6 Å². The van der Waals surface area contributed by atoms with E-state index in [1.807, 2.05) is 18.7 Å². The lowest BCUT2D eigenvalue weighted by Gasteiger charge is -2.13. The lowest BCUT2D eigenvalue weighted by molar-refractivity contribution is 0.746. The summed E-state index contributed by atoms with van der Waals surface area (Å²) in [6, 6.07) is 0. The third-order valence-corrected chi connectivity index (χ3v) is 4.95. The van der Waals surface area contributed by atoms with Crippen LogP contribution in [0.5, 0.6) is 0 Å². The summed E-state index contributed by atoms with van der Waals surface area (Å²) in [7, 11) is 0. The van der Waals surface area contributed by atoms with E-state index >= 15 is 0 Å². The van der Waals surface area contributed by atoms with E-state index in [2.05, 4.69) is 23.8 Å². The summed E-state index contributed by atoms with van der Waals surface area (Å²) in [5.74, 6) is 1.19. The van der Waals surface area contributed by atoms with Crippen LogP contribution in [-0.4, -0.2) is 15.2 Å². The fraction of sp³-hybridized carbons (Fsp3) is 0.692. The van der Waals surface area contributed by atoms with Crippen LogP contribution in [0.2, 0.25) is 5.15 Å². The second-order valence-electron chi connectivity index (χ2n) is 4.98. The zero-order valence-corrected chi connectivity index (χ0v) is 12.2. The highest BCUT2D eigenvalue weighted by Crippen LogP contribution is 2.36. The standard InChI is InChI=1S/C13H19ClN2S/c1-8(2)12-15-11(14)9(3)13(16-12)17-10-6-4-5-7-10/h8,10H,4-7H2,1-3H3. The first kappa shape index (κ1) is 13.2. The molecule has 1 aromatic rings. The number of thioether (sulfide) groups is 1. The number of rotatable bonds is 3. The molecule has 4 heteroatoms. The molecule has 0 saturated heterocycles. The van der Waals surface area contributed by atoms with Crippen molar-refractivity contribution < 1.29 is 0 Å². The first-order valence-electron chi connectivity index (χ1n) is 6.28. The molecule has 2 nitrogen and oxygen atoms in total. The Morgan fingerprint density at radius 3 is 2.47 bits per heavy atom. The van der Waals surface area contributed by atoms with Gasteiger partial charge in [-0.3, -0.25) is 0 Å². The van der Waals surface area contributed by atoms with Crippen LogP contribution in [0.1, 0.15) is 56.8 Å². The quantitative estimate of drug-likeness (QED) is 0.751. The Kier molecular flexibility index (Phi) is 4.31. The van der Waals surface area contributed by atoms with Gasteiger partial charge in [-0.05, 0) is 19.8 Å². The zero-order valence-electron chi connectivity index (χ0n) is 10.7. The molecule has 1 aliphatic rings. The van der Waals surface area contributed by atoms with Crippen molar-refractivity contribution in [1.82, 2.24) is 9.97 Å². The molecule has 1 heterocycles. The summed E-state index contributed by atoms with van der Waals surface area (Å²) < 4.78 is 0. The van der Waals surface area contributed by atoms with E-state index in [0.717, 1.165) is 21.7 Å². The maximum absolute atomic E-state index is 6.18. The van der Waals surface area contributed by atoms with Crippen LogP contribution in [0.15, 0.2) is 5.03 Å². The monoisotopic (exact) mass is 270 g/mol. The van der Waals surface area contributed by atoms with Crippen molar-refractivity contribution in [2.24, 2.45) is 0 Å². The zero-order chi connectivity index (χ0) is 12.4. The van der Waals surface area contributed by atoms with E-state index in [0.29, 0.717) is 11.1 Å². The Morgan fingerprint density at radius 2 is 1.88 bits per heavy atom. The van der Waals surface area contributed by atoms with Crippen molar-refractivity contribution >= 4 is 23.4 Å². The van der Waals surface area contributed by atoms with E-state index in [9.17, 15) is 0 Å². The van der Waals surface area contributed by atoms with Crippen LogP contribution in [0.3, 0.4) is 0 Å². The molecule has 0 radical (unpaired) electrons. The Balaban J connectivity index is 2.24. The molecule has 0 spiro atoms. The van der Waals surface area contributed by atoms with Crippen LogP contribution in [-0.2, 0) is 0 Å². The van der Waals surface area contributed by atoms with Gasteiger partial charge in [-0.25, -0.2) is 9.97 Å². The van der Waals surface area contributed by atoms with Crippen LogP contribution in [0.25, 0.3) is 0 Å². The molecule has 1 saturated carbocycles. The first-order valence-corrected chi connectivity index (χ1v) is 7.54. The summed E-state index contributed by atoms with van der Waals surface area (Å²) in [6.07, 6.45) is 5.32. The molecule has 1 aromatic heterocycles. The Labute approximate surface area is 113 Å². The molecular weight excluding hydrogens is 252 g/mol. The van der Waals surface area contributed by atoms with Gasteiger partial charge in [0, 0.05) is 16.7 Å². The van der Waals surface area contributed by atoms with Crippen molar-refractivity contribution in [3.63, 3.8) is 0 Å². The molecule has 17 heavy (non-hydrogen) atoms. The molecule has 1 fully saturated rings. The number of halogens is 1. The van der Waals surface area contributed by atoms with E-state index < -0.39 is 0 Å². The third kappa shape index (κ3) is 3.14. The normalized spacial score (nSPS) is 17.0. The van der Waals surface area contributed by atoms with E-state index in [1.165, 1.54) is 25.7 Å². The topological polar surface area (TPSA) is 25.8 Å². The van der Waals surface area contributed by atoms with Crippen LogP contribution < -0.4 is 0 Å². The summed E-state index contributed by atoms with van der Waals surface area (Å²) in [6.45, 7) is 6.22. The van der Waals surface area contributed by atoms with Gasteiger partial charge in [0.1, 0.15) is 16.0 Å². The number of aromatic nitrogens is 2. The van der Waals surface area contributed by atoms with Gasteiger partial charge in [-0.1, -0.05) is 38.3 Å². The minimum absolute atomic E-state index is 0.330. The molecule has 0 atom stereocenters. The summed E-state index contributed by atoms with van der Waals surface area (Å²) >= 11 is 8.07. The SMILES string of the molecule is Cc1c(Cl)nc(C(C)C)nc1SC1CCCC1. The first-order chi connectivity index (χ1) is 8.08. The van der Waals surface area contributed by atoms with Gasteiger partial charge >= 0.3 is 0 Å². The van der Waals surface area contributed by atoms with Gasteiger partial charge in [-0.2, -0.15) is 0 Å². The molecule has 94 valence electrons. The maximum atomic E-state index is 6.18. The van der Waals surface area contributed by atoms with Crippen molar-refractivity contribution in [3.05, 3.63) is 16.5 Å². The molecule has 0 unspecified atom stereocenters. The highest BCUT2D eigenvalue weighted by atomic mass is 35.5. The smallest absolute Gasteiger partial charge is 0.136 e. The number of hydrogen-bond donors (Lipinski definition) is 0. The number of hydrogen-bond acceptors (Lipinski definition) is 3. The lowest BCUT2D eigenvalue weighted by Crippen LogP contribution is -2.04. The fourth-order valence-corrected chi connectivity index (χ4v) is 3.56. The fourth-order valence-electron chi connectivity index (χ4n) is 2.02. The van der Waals surface area contributed by atoms with Crippen molar-refractivity contribution in [2.45, 2.75) is 62.6 Å². The summed E-state index contributed by atoms with van der Waals surface area (Å²) in [5.41, 5.74) is 1.04. The van der Waals surface area contributed by atoms with Gasteiger partial charge in [0.05, 0.1) is 0 Å². The van der Waals surface area contributed by atoms with Gasteiger partial charge in [0.25, 0.3) is 0 Å². The predicted octanol–water partition coefficient (Wildman–Crippen LogP) is 4.60. The Bertz CT molecular complexity index is 401. The summed E-state index contributed by atoms with van der Waals surface area (Å²) in [4.78, 5) is 9.01. The number of nitrogens with zero attached hydrogens (tertiary/aromatic N) is 2. The summed E-state index contributed by atoms with van der Waals surface area (Å²) in [5, 5.41) is 2.42. The van der Waals surface area contributed by atoms with Crippen LogP contribution >= 0.6 is 23.4 Å². The second-order valence-corrected chi connectivity index (χ2v) is 6.63. The lowest BCUT2D eigenvalue weighted by atomic mass is 10.2. The average molecular weight is 271 g/mol. The van der Waals surface area contributed by atoms with Crippen LogP contribution in [0, 0.1) is 6.92 Å². The van der Waals surface area contributed by atoms with Crippen molar-refractivity contribution in [3.8, 4) is 0 Å². The van der Waals surface area contributed by atoms with Crippen LogP contribution in [0.4, 0.5) is 0 Å². The molecule has 1 aliphatic carbocycles. The van der Waals surface area contributed by atoms with Gasteiger partial charge < -0.3 is 0 Å². The van der Waals surface area contributed by atoms with E-state index in [1.54, 1.807) is 0 Å². The minimum Gasteiger partial charge on any atom is -0.226 e. The molecule has 0 amide bonds. The highest BCUT2D eigenvalue weighted by molar-refractivity contribution is 7.99. The molecule has 0 aromatic carbocycles. The molecule has 2 rings (SSSR count). The molecule has 0 N–H and O–H groups in total. The average Bonchev–Trinajstić information content (AvgIpc) is 2.77. The highest BCUT2D eigenvalue weighted by Gasteiger charge is 2.20. The minimum atomic E-state index is 0.330.